The zero-order valence-corrected chi connectivity index (χ0v) is 13.9. The summed E-state index contributed by atoms with van der Waals surface area (Å²) in [6, 6.07) is 0.436. The monoisotopic (exact) mass is 370 g/mol. The molecule has 1 saturated heterocycles. The molecule has 0 spiro atoms. The van der Waals surface area contributed by atoms with Gasteiger partial charge in [-0.1, -0.05) is 13.3 Å². The van der Waals surface area contributed by atoms with Gasteiger partial charge in [0, 0.05) is 25.7 Å². The summed E-state index contributed by atoms with van der Waals surface area (Å²) in [5, 5.41) is 3.13. The van der Waals surface area contributed by atoms with Crippen LogP contribution in [0.5, 0.6) is 0 Å². The van der Waals surface area contributed by atoms with Crippen molar-refractivity contribution in [1.82, 2.24) is 10.2 Å². The van der Waals surface area contributed by atoms with E-state index in [0.717, 1.165) is 45.8 Å². The van der Waals surface area contributed by atoms with Crippen LogP contribution in [0.1, 0.15) is 26.7 Å². The number of ether oxygens (including phenoxy) is 1. The molecule has 1 unspecified atom stereocenters. The smallest absolute Gasteiger partial charge is 0.188 e. The van der Waals surface area contributed by atoms with Gasteiger partial charge in [-0.25, -0.2) is 0 Å². The van der Waals surface area contributed by atoms with Gasteiger partial charge in [-0.15, -0.1) is 24.0 Å². The Hall–Kier alpha value is -0.0800. The van der Waals surface area contributed by atoms with Crippen molar-refractivity contribution in [2.75, 3.05) is 39.4 Å². The topological polar surface area (TPSA) is 62.9 Å². The molecule has 1 aliphatic heterocycles. The average Bonchev–Trinajstić information content (AvgIpc) is 2.37. The summed E-state index contributed by atoms with van der Waals surface area (Å²) in [6.45, 7) is 9.68. The Morgan fingerprint density at radius 1 is 1.44 bits per heavy atom. The van der Waals surface area contributed by atoms with E-state index in [1.54, 1.807) is 0 Å². The van der Waals surface area contributed by atoms with Gasteiger partial charge in [0.05, 0.1) is 19.8 Å². The number of morpholine rings is 1. The van der Waals surface area contributed by atoms with Gasteiger partial charge in [-0.2, -0.15) is 0 Å². The minimum atomic E-state index is 0. The van der Waals surface area contributed by atoms with Crippen LogP contribution in [0.3, 0.4) is 0 Å². The Morgan fingerprint density at radius 3 is 2.72 bits per heavy atom. The van der Waals surface area contributed by atoms with Gasteiger partial charge in [-0.3, -0.25) is 9.89 Å². The molecular formula is C12H27IN4O. The Balaban J connectivity index is 0.00000289. The van der Waals surface area contributed by atoms with Crippen molar-refractivity contribution in [3.8, 4) is 0 Å². The summed E-state index contributed by atoms with van der Waals surface area (Å²) in [4.78, 5) is 6.77. The van der Waals surface area contributed by atoms with Crippen LogP contribution in [0.2, 0.25) is 0 Å². The first-order valence-electron chi connectivity index (χ1n) is 6.59. The number of rotatable bonds is 6. The second-order valence-electron chi connectivity index (χ2n) is 4.50. The van der Waals surface area contributed by atoms with E-state index >= 15 is 0 Å². The van der Waals surface area contributed by atoms with Crippen LogP contribution >= 0.6 is 24.0 Å². The maximum absolute atomic E-state index is 5.79. The number of nitrogens with one attached hydrogen (secondary N) is 1. The number of nitrogens with two attached hydrogens (primary N) is 1. The molecule has 6 heteroatoms. The van der Waals surface area contributed by atoms with Crippen molar-refractivity contribution < 1.29 is 4.74 Å². The summed E-state index contributed by atoms with van der Waals surface area (Å²) >= 11 is 0. The fraction of sp³-hybridized carbons (Fsp3) is 0.917. The van der Waals surface area contributed by atoms with Crippen molar-refractivity contribution in [3.05, 3.63) is 0 Å². The van der Waals surface area contributed by atoms with Gasteiger partial charge in [0.1, 0.15) is 0 Å². The van der Waals surface area contributed by atoms with Crippen molar-refractivity contribution >= 4 is 29.9 Å². The van der Waals surface area contributed by atoms with E-state index in [1.165, 1.54) is 6.42 Å². The van der Waals surface area contributed by atoms with E-state index in [0.29, 0.717) is 12.0 Å². The molecule has 0 saturated carbocycles. The van der Waals surface area contributed by atoms with Crippen LogP contribution in [0.25, 0.3) is 0 Å². The van der Waals surface area contributed by atoms with E-state index in [-0.39, 0.29) is 24.0 Å². The first-order valence-corrected chi connectivity index (χ1v) is 6.59. The first kappa shape index (κ1) is 17.9. The summed E-state index contributed by atoms with van der Waals surface area (Å²) in [6.07, 6.45) is 2.31. The lowest BCUT2D eigenvalue weighted by Gasteiger charge is -2.31. The van der Waals surface area contributed by atoms with Gasteiger partial charge >= 0.3 is 0 Å². The molecule has 0 aromatic heterocycles. The first-order chi connectivity index (χ1) is 8.24. The second kappa shape index (κ2) is 10.8. The molecule has 5 nitrogen and oxygen atoms in total. The van der Waals surface area contributed by atoms with Crippen molar-refractivity contribution in [2.24, 2.45) is 10.7 Å². The molecular weight excluding hydrogens is 343 g/mol. The number of halogens is 1. The lowest BCUT2D eigenvalue weighted by atomic mass is 10.2. The predicted molar refractivity (Wildman–Crippen MR) is 86.7 cm³/mol. The minimum Gasteiger partial charge on any atom is -0.379 e. The molecule has 1 aliphatic rings. The molecule has 0 aromatic rings. The number of hydrogen-bond donors (Lipinski definition) is 2. The van der Waals surface area contributed by atoms with E-state index in [9.17, 15) is 0 Å². The summed E-state index contributed by atoms with van der Waals surface area (Å²) in [5.41, 5.74) is 5.79. The molecule has 18 heavy (non-hydrogen) atoms. The fourth-order valence-corrected chi connectivity index (χ4v) is 1.81. The largest absolute Gasteiger partial charge is 0.379 e. The highest BCUT2D eigenvalue weighted by Gasteiger charge is 2.16. The number of hydrogen-bond acceptors (Lipinski definition) is 3. The van der Waals surface area contributed by atoms with Gasteiger partial charge in [0.15, 0.2) is 5.96 Å². The van der Waals surface area contributed by atoms with Crippen LogP contribution in [0.15, 0.2) is 4.99 Å². The Labute approximate surface area is 128 Å². The van der Waals surface area contributed by atoms with Crippen LogP contribution in [0.4, 0.5) is 0 Å². The Morgan fingerprint density at radius 2 is 2.11 bits per heavy atom. The molecule has 1 rings (SSSR count). The molecule has 108 valence electrons. The number of unbranched alkanes of at least 4 members (excludes halogenated alkanes) is 1. The highest BCUT2D eigenvalue weighted by molar-refractivity contribution is 14.0. The highest BCUT2D eigenvalue weighted by atomic mass is 127. The standard InChI is InChI=1S/C12H26N4O.HI/c1-3-4-5-14-12(13)15-10-11(2)16-6-8-17-9-7-16;/h11H,3-10H2,1-2H3,(H3,13,14,15);1H. The Bertz CT molecular complexity index is 232. The number of guanidine groups is 1. The average molecular weight is 370 g/mol. The molecule has 0 radical (unpaired) electrons. The molecule has 0 bridgehead atoms. The third-order valence-corrected chi connectivity index (χ3v) is 3.03. The summed E-state index contributed by atoms with van der Waals surface area (Å²) in [7, 11) is 0. The third-order valence-electron chi connectivity index (χ3n) is 3.03. The van der Waals surface area contributed by atoms with Gasteiger partial charge in [0.25, 0.3) is 0 Å². The molecule has 3 N–H and O–H groups in total. The third kappa shape index (κ3) is 7.38. The minimum absolute atomic E-state index is 0. The van der Waals surface area contributed by atoms with E-state index in [4.69, 9.17) is 10.5 Å². The Kier molecular flexibility index (Phi) is 10.8. The quantitative estimate of drug-likeness (QED) is 0.317. The van der Waals surface area contributed by atoms with Crippen LogP contribution in [0, 0.1) is 0 Å². The number of nitrogens with zero attached hydrogens (tertiary/aromatic N) is 2. The zero-order chi connectivity index (χ0) is 12.5. The summed E-state index contributed by atoms with van der Waals surface area (Å²) < 4.78 is 5.33. The molecule has 0 aliphatic carbocycles. The normalized spacial score (nSPS) is 19.1. The van der Waals surface area contributed by atoms with Gasteiger partial charge in [0.2, 0.25) is 0 Å². The van der Waals surface area contributed by atoms with Gasteiger partial charge < -0.3 is 15.8 Å². The van der Waals surface area contributed by atoms with Crippen molar-refractivity contribution in [2.45, 2.75) is 32.7 Å². The SMILES string of the molecule is CCCCNC(N)=NCC(C)N1CCOCC1.I. The molecule has 0 amide bonds. The van der Waals surface area contributed by atoms with E-state index < -0.39 is 0 Å². The molecule has 1 atom stereocenters. The summed E-state index contributed by atoms with van der Waals surface area (Å²) in [5.74, 6) is 0.568. The molecule has 1 fully saturated rings. The predicted octanol–water partition coefficient (Wildman–Crippen LogP) is 1.03. The zero-order valence-electron chi connectivity index (χ0n) is 11.5. The lowest BCUT2D eigenvalue weighted by molar-refractivity contribution is 0.0220. The second-order valence-corrected chi connectivity index (χ2v) is 4.50. The maximum atomic E-state index is 5.79. The van der Waals surface area contributed by atoms with Gasteiger partial charge in [-0.05, 0) is 13.3 Å². The lowest BCUT2D eigenvalue weighted by Crippen LogP contribution is -2.44. The van der Waals surface area contributed by atoms with Crippen molar-refractivity contribution in [1.29, 1.82) is 0 Å². The van der Waals surface area contributed by atoms with Crippen LogP contribution in [-0.4, -0.2) is 56.3 Å². The van der Waals surface area contributed by atoms with E-state index in [2.05, 4.69) is 29.1 Å². The van der Waals surface area contributed by atoms with Crippen LogP contribution in [-0.2, 0) is 4.74 Å². The molecule has 1 heterocycles. The number of aliphatic imine (C=N–C) groups is 1. The molecule has 0 aromatic carbocycles. The maximum Gasteiger partial charge on any atom is 0.188 e. The highest BCUT2D eigenvalue weighted by Crippen LogP contribution is 2.03. The fourth-order valence-electron chi connectivity index (χ4n) is 1.81. The van der Waals surface area contributed by atoms with Crippen molar-refractivity contribution in [3.63, 3.8) is 0 Å². The van der Waals surface area contributed by atoms with E-state index in [1.807, 2.05) is 0 Å². The van der Waals surface area contributed by atoms with Crippen LogP contribution < -0.4 is 11.1 Å².